The van der Waals surface area contributed by atoms with Crippen molar-refractivity contribution in [3.05, 3.63) is 42.2 Å². The maximum atomic E-state index is 10.7. The van der Waals surface area contributed by atoms with Gasteiger partial charge in [0.05, 0.1) is 0 Å². The summed E-state index contributed by atoms with van der Waals surface area (Å²) in [6.45, 7) is 3.46. The number of pyridine rings is 1. The van der Waals surface area contributed by atoms with E-state index < -0.39 is 5.97 Å². The van der Waals surface area contributed by atoms with Crippen molar-refractivity contribution in [2.75, 3.05) is 0 Å². The highest BCUT2D eigenvalue weighted by atomic mass is 17.1. The van der Waals surface area contributed by atoms with Gasteiger partial charge in [0.25, 0.3) is 0 Å². The molecule has 1 aromatic heterocycles. The van der Waals surface area contributed by atoms with Crippen LogP contribution < -0.4 is 0 Å². The molecule has 1 N–H and O–H groups in total. The molecule has 4 nitrogen and oxygen atoms in total. The van der Waals surface area contributed by atoms with E-state index in [4.69, 9.17) is 5.26 Å². The Morgan fingerprint density at radius 3 is 3.00 bits per heavy atom. The van der Waals surface area contributed by atoms with E-state index in [1.165, 1.54) is 0 Å². The van der Waals surface area contributed by atoms with Crippen molar-refractivity contribution in [2.45, 2.75) is 6.42 Å². The molecular weight excluding hydrogens is 170 g/mol. The molecule has 13 heavy (non-hydrogen) atoms. The van der Waals surface area contributed by atoms with Crippen LogP contribution in [0.15, 0.2) is 36.7 Å². The number of rotatable bonds is 3. The number of nitrogens with zero attached hydrogens (tertiary/aromatic N) is 1. The summed E-state index contributed by atoms with van der Waals surface area (Å²) in [5.74, 6) is -0.816. The SMILES string of the molecule is C=C(Cc1cccnc1)C(=O)OO. The van der Waals surface area contributed by atoms with Crippen molar-refractivity contribution < 1.29 is 14.9 Å². The molecule has 68 valence electrons. The van der Waals surface area contributed by atoms with Crippen molar-refractivity contribution in [3.8, 4) is 0 Å². The molecule has 0 spiro atoms. The molecule has 0 unspecified atom stereocenters. The summed E-state index contributed by atoms with van der Waals surface area (Å²) in [7, 11) is 0. The Kier molecular flexibility index (Phi) is 3.16. The van der Waals surface area contributed by atoms with E-state index in [9.17, 15) is 4.79 Å². The number of hydrogen-bond donors (Lipinski definition) is 1. The summed E-state index contributed by atoms with van der Waals surface area (Å²) >= 11 is 0. The predicted octanol–water partition coefficient (Wildman–Crippen LogP) is 1.20. The molecule has 4 heteroatoms. The van der Waals surface area contributed by atoms with Crippen molar-refractivity contribution in [1.82, 2.24) is 4.98 Å². The molecule has 0 aliphatic carbocycles. The monoisotopic (exact) mass is 179 g/mol. The Bertz CT molecular complexity index is 308. The van der Waals surface area contributed by atoms with E-state index in [-0.39, 0.29) is 5.57 Å². The van der Waals surface area contributed by atoms with Crippen LogP contribution in [0.5, 0.6) is 0 Å². The Hall–Kier alpha value is -1.68. The topological polar surface area (TPSA) is 59.4 Å². The van der Waals surface area contributed by atoms with Crippen LogP contribution in [-0.4, -0.2) is 16.2 Å². The van der Waals surface area contributed by atoms with Crippen molar-refractivity contribution in [1.29, 1.82) is 0 Å². The lowest BCUT2D eigenvalue weighted by Gasteiger charge is -2.00. The van der Waals surface area contributed by atoms with Crippen molar-refractivity contribution in [3.63, 3.8) is 0 Å². The van der Waals surface area contributed by atoms with Gasteiger partial charge in [-0.05, 0) is 11.6 Å². The summed E-state index contributed by atoms with van der Waals surface area (Å²) in [4.78, 5) is 18.1. The van der Waals surface area contributed by atoms with Gasteiger partial charge in [0, 0.05) is 24.4 Å². The molecule has 0 aromatic carbocycles. The molecule has 0 saturated carbocycles. The first-order valence-corrected chi connectivity index (χ1v) is 3.66. The molecule has 0 atom stereocenters. The van der Waals surface area contributed by atoms with Crippen molar-refractivity contribution in [2.24, 2.45) is 0 Å². The van der Waals surface area contributed by atoms with Crippen LogP contribution in [0, 0.1) is 0 Å². The highest BCUT2D eigenvalue weighted by Crippen LogP contribution is 2.05. The van der Waals surface area contributed by atoms with E-state index in [2.05, 4.69) is 16.5 Å². The third-order valence-corrected chi connectivity index (χ3v) is 1.51. The molecule has 1 aromatic rings. The zero-order valence-corrected chi connectivity index (χ0v) is 6.93. The lowest BCUT2D eigenvalue weighted by atomic mass is 10.1. The second kappa shape index (κ2) is 4.37. The summed E-state index contributed by atoms with van der Waals surface area (Å²) in [5.41, 5.74) is 1.04. The van der Waals surface area contributed by atoms with Gasteiger partial charge in [0.15, 0.2) is 0 Å². The lowest BCUT2D eigenvalue weighted by Crippen LogP contribution is -2.06. The second-order valence-electron chi connectivity index (χ2n) is 2.52. The highest BCUT2D eigenvalue weighted by Gasteiger charge is 2.08. The molecule has 1 heterocycles. The van der Waals surface area contributed by atoms with Crippen LogP contribution in [0.1, 0.15) is 5.56 Å². The van der Waals surface area contributed by atoms with Crippen LogP contribution in [0.4, 0.5) is 0 Å². The summed E-state index contributed by atoms with van der Waals surface area (Å²) in [6.07, 6.45) is 3.58. The maximum absolute atomic E-state index is 10.7. The third-order valence-electron chi connectivity index (χ3n) is 1.51. The van der Waals surface area contributed by atoms with E-state index in [0.29, 0.717) is 6.42 Å². The van der Waals surface area contributed by atoms with Crippen LogP contribution in [0.2, 0.25) is 0 Å². The largest absolute Gasteiger partial charge is 0.368 e. The van der Waals surface area contributed by atoms with Gasteiger partial charge in [0.1, 0.15) is 0 Å². The summed E-state index contributed by atoms with van der Waals surface area (Å²) in [6, 6.07) is 3.57. The minimum absolute atomic E-state index is 0.190. The first-order valence-electron chi connectivity index (χ1n) is 3.66. The van der Waals surface area contributed by atoms with Gasteiger partial charge in [-0.1, -0.05) is 12.6 Å². The smallest absolute Gasteiger partial charge is 0.296 e. The van der Waals surface area contributed by atoms with Crippen LogP contribution in [0.25, 0.3) is 0 Å². The maximum Gasteiger partial charge on any atom is 0.368 e. The zero-order chi connectivity index (χ0) is 9.68. The predicted molar refractivity (Wildman–Crippen MR) is 45.8 cm³/mol. The molecule has 0 amide bonds. The fourth-order valence-corrected chi connectivity index (χ4v) is 0.886. The second-order valence-corrected chi connectivity index (χ2v) is 2.52. The Morgan fingerprint density at radius 2 is 2.46 bits per heavy atom. The van der Waals surface area contributed by atoms with Gasteiger partial charge >= 0.3 is 5.97 Å². The normalized spacial score (nSPS) is 9.31. The average molecular weight is 179 g/mol. The van der Waals surface area contributed by atoms with Crippen LogP contribution in [0.3, 0.4) is 0 Å². The van der Waals surface area contributed by atoms with E-state index >= 15 is 0 Å². The summed E-state index contributed by atoms with van der Waals surface area (Å²) < 4.78 is 0. The molecular formula is C9H9NO3. The molecule has 0 bridgehead atoms. The molecule has 0 radical (unpaired) electrons. The quantitative estimate of drug-likeness (QED) is 0.430. The fourth-order valence-electron chi connectivity index (χ4n) is 0.886. The molecule has 1 rings (SSSR count). The fraction of sp³-hybridized carbons (Fsp3) is 0.111. The lowest BCUT2D eigenvalue weighted by molar-refractivity contribution is -0.229. The average Bonchev–Trinajstić information content (AvgIpc) is 2.18. The van der Waals surface area contributed by atoms with Crippen molar-refractivity contribution >= 4 is 5.97 Å². The first-order chi connectivity index (χ1) is 6.24. The number of carbonyl (C=O) groups excluding carboxylic acids is 1. The number of hydrogen-bond acceptors (Lipinski definition) is 4. The highest BCUT2D eigenvalue weighted by molar-refractivity contribution is 5.87. The van der Waals surface area contributed by atoms with Gasteiger partial charge in [-0.3, -0.25) is 9.87 Å². The van der Waals surface area contributed by atoms with Crippen LogP contribution in [-0.2, 0) is 16.1 Å². The van der Waals surface area contributed by atoms with Gasteiger partial charge < -0.3 is 0 Å². The Labute approximate surface area is 75.4 Å². The van der Waals surface area contributed by atoms with E-state index in [1.54, 1.807) is 18.5 Å². The zero-order valence-electron chi connectivity index (χ0n) is 6.93. The van der Waals surface area contributed by atoms with E-state index in [1.807, 2.05) is 6.07 Å². The third kappa shape index (κ3) is 2.68. The minimum atomic E-state index is -0.816. The Balaban J connectivity index is 2.60. The minimum Gasteiger partial charge on any atom is -0.296 e. The molecule has 0 saturated heterocycles. The summed E-state index contributed by atoms with van der Waals surface area (Å²) in [5, 5.41) is 8.06. The van der Waals surface area contributed by atoms with E-state index in [0.717, 1.165) is 5.56 Å². The molecule has 0 aliphatic rings. The Morgan fingerprint density at radius 1 is 1.69 bits per heavy atom. The first kappa shape index (κ1) is 9.41. The number of carbonyl (C=O) groups is 1. The van der Waals surface area contributed by atoms with Gasteiger partial charge in [-0.15, -0.1) is 0 Å². The standard InChI is InChI=1S/C9H9NO3/c1-7(9(11)13-12)5-8-3-2-4-10-6-8/h2-4,6,12H,1,5H2. The van der Waals surface area contributed by atoms with Gasteiger partial charge in [0.2, 0.25) is 0 Å². The van der Waals surface area contributed by atoms with Crippen LogP contribution >= 0.6 is 0 Å². The molecule has 0 fully saturated rings. The van der Waals surface area contributed by atoms with Gasteiger partial charge in [-0.25, -0.2) is 4.79 Å². The number of aromatic nitrogens is 1. The van der Waals surface area contributed by atoms with Gasteiger partial charge in [-0.2, -0.15) is 5.26 Å². The molecule has 0 aliphatic heterocycles.